The SMILES string of the molecule is CCOc1cccc(CNCC2CCSC2)c1O. The van der Waals surface area contributed by atoms with Crippen LogP contribution in [0.1, 0.15) is 18.9 Å². The fraction of sp³-hybridized carbons (Fsp3) is 0.571. The zero-order chi connectivity index (χ0) is 12.8. The van der Waals surface area contributed by atoms with Crippen molar-refractivity contribution in [2.75, 3.05) is 24.7 Å². The number of phenolic OH excluding ortho intramolecular Hbond substituents is 1. The van der Waals surface area contributed by atoms with Crippen LogP contribution in [0.5, 0.6) is 11.5 Å². The molecule has 1 saturated heterocycles. The highest BCUT2D eigenvalue weighted by molar-refractivity contribution is 7.99. The van der Waals surface area contributed by atoms with Crippen LogP contribution >= 0.6 is 11.8 Å². The van der Waals surface area contributed by atoms with Crippen LogP contribution in [0.4, 0.5) is 0 Å². The monoisotopic (exact) mass is 267 g/mol. The van der Waals surface area contributed by atoms with Gasteiger partial charge in [-0.3, -0.25) is 0 Å². The molecule has 2 rings (SSSR count). The quantitative estimate of drug-likeness (QED) is 0.831. The van der Waals surface area contributed by atoms with E-state index < -0.39 is 0 Å². The topological polar surface area (TPSA) is 41.5 Å². The molecule has 2 N–H and O–H groups in total. The van der Waals surface area contributed by atoms with E-state index in [1.165, 1.54) is 17.9 Å². The summed E-state index contributed by atoms with van der Waals surface area (Å²) in [5, 5.41) is 13.5. The van der Waals surface area contributed by atoms with Gasteiger partial charge in [-0.25, -0.2) is 0 Å². The summed E-state index contributed by atoms with van der Waals surface area (Å²) in [6.45, 7) is 4.23. The molecule has 4 heteroatoms. The first-order valence-electron chi connectivity index (χ1n) is 6.53. The van der Waals surface area contributed by atoms with E-state index in [1.54, 1.807) is 6.07 Å². The molecule has 1 heterocycles. The summed E-state index contributed by atoms with van der Waals surface area (Å²) < 4.78 is 5.38. The number of nitrogens with one attached hydrogen (secondary N) is 1. The van der Waals surface area contributed by atoms with Gasteiger partial charge in [0.25, 0.3) is 0 Å². The fourth-order valence-corrected chi connectivity index (χ4v) is 3.42. The predicted molar refractivity (Wildman–Crippen MR) is 76.4 cm³/mol. The Labute approximate surface area is 113 Å². The molecule has 100 valence electrons. The average Bonchev–Trinajstić information content (AvgIpc) is 2.87. The van der Waals surface area contributed by atoms with E-state index in [9.17, 15) is 5.11 Å². The lowest BCUT2D eigenvalue weighted by Crippen LogP contribution is -2.22. The van der Waals surface area contributed by atoms with Gasteiger partial charge in [0.2, 0.25) is 0 Å². The summed E-state index contributed by atoms with van der Waals surface area (Å²) >= 11 is 2.03. The summed E-state index contributed by atoms with van der Waals surface area (Å²) in [5.41, 5.74) is 0.909. The molecule has 18 heavy (non-hydrogen) atoms. The minimum atomic E-state index is 0.271. The molecule has 0 aromatic heterocycles. The van der Waals surface area contributed by atoms with Gasteiger partial charge in [-0.15, -0.1) is 0 Å². The summed E-state index contributed by atoms with van der Waals surface area (Å²) in [5.74, 6) is 4.18. The van der Waals surface area contributed by atoms with Gasteiger partial charge in [0, 0.05) is 12.1 Å². The number of rotatable bonds is 6. The molecule has 0 saturated carbocycles. The molecule has 1 unspecified atom stereocenters. The molecule has 1 aromatic carbocycles. The number of para-hydroxylation sites is 1. The van der Waals surface area contributed by atoms with Crippen molar-refractivity contribution in [2.45, 2.75) is 19.9 Å². The van der Waals surface area contributed by atoms with Gasteiger partial charge >= 0.3 is 0 Å². The van der Waals surface area contributed by atoms with E-state index in [1.807, 2.05) is 30.8 Å². The maximum Gasteiger partial charge on any atom is 0.162 e. The van der Waals surface area contributed by atoms with Crippen molar-refractivity contribution in [1.29, 1.82) is 0 Å². The Morgan fingerprint density at radius 3 is 3.11 bits per heavy atom. The van der Waals surface area contributed by atoms with Gasteiger partial charge in [-0.2, -0.15) is 11.8 Å². The maximum absolute atomic E-state index is 10.0. The van der Waals surface area contributed by atoms with Crippen LogP contribution in [0.15, 0.2) is 18.2 Å². The van der Waals surface area contributed by atoms with E-state index in [0.29, 0.717) is 18.9 Å². The zero-order valence-electron chi connectivity index (χ0n) is 10.8. The standard InChI is InChI=1S/C14H21NO2S/c1-2-17-13-5-3-4-12(14(13)16)9-15-8-11-6-7-18-10-11/h3-5,11,15-16H,2,6-10H2,1H3. The van der Waals surface area contributed by atoms with Gasteiger partial charge in [-0.05, 0) is 43.4 Å². The lowest BCUT2D eigenvalue weighted by atomic mass is 10.1. The Hall–Kier alpha value is -0.870. The number of benzene rings is 1. The second kappa shape index (κ2) is 6.90. The van der Waals surface area contributed by atoms with Crippen LogP contribution in [0.2, 0.25) is 0 Å². The molecule has 1 aromatic rings. The maximum atomic E-state index is 10.0. The number of aromatic hydroxyl groups is 1. The summed E-state index contributed by atoms with van der Waals surface area (Å²) in [7, 11) is 0. The molecule has 1 atom stereocenters. The number of thioether (sulfide) groups is 1. The molecular weight excluding hydrogens is 246 g/mol. The summed E-state index contributed by atoms with van der Waals surface area (Å²) in [6, 6.07) is 5.66. The zero-order valence-corrected chi connectivity index (χ0v) is 11.6. The molecule has 0 bridgehead atoms. The van der Waals surface area contributed by atoms with Crippen LogP contribution in [0.3, 0.4) is 0 Å². The molecule has 3 nitrogen and oxygen atoms in total. The number of hydrogen-bond donors (Lipinski definition) is 2. The van der Waals surface area contributed by atoms with Crippen molar-refractivity contribution in [3.8, 4) is 11.5 Å². The molecule has 1 aliphatic heterocycles. The van der Waals surface area contributed by atoms with E-state index in [-0.39, 0.29) is 5.75 Å². The molecular formula is C14H21NO2S. The minimum Gasteiger partial charge on any atom is -0.504 e. The molecule has 1 aliphatic rings. The van der Waals surface area contributed by atoms with E-state index >= 15 is 0 Å². The molecule has 0 amide bonds. The lowest BCUT2D eigenvalue weighted by Gasteiger charge is -2.13. The van der Waals surface area contributed by atoms with Crippen molar-refractivity contribution in [3.63, 3.8) is 0 Å². The third-order valence-electron chi connectivity index (χ3n) is 3.15. The molecule has 0 aliphatic carbocycles. The second-order valence-electron chi connectivity index (χ2n) is 4.56. The van der Waals surface area contributed by atoms with E-state index in [2.05, 4.69) is 5.32 Å². The summed E-state index contributed by atoms with van der Waals surface area (Å²) in [4.78, 5) is 0. The third kappa shape index (κ3) is 3.56. The normalized spacial score (nSPS) is 19.1. The van der Waals surface area contributed by atoms with Crippen molar-refractivity contribution in [2.24, 2.45) is 5.92 Å². The lowest BCUT2D eigenvalue weighted by molar-refractivity contribution is 0.316. The third-order valence-corrected chi connectivity index (χ3v) is 4.39. The molecule has 0 radical (unpaired) electrons. The van der Waals surface area contributed by atoms with Gasteiger partial charge in [0.15, 0.2) is 11.5 Å². The van der Waals surface area contributed by atoms with Crippen molar-refractivity contribution in [1.82, 2.24) is 5.32 Å². The highest BCUT2D eigenvalue weighted by Gasteiger charge is 2.15. The molecule has 1 fully saturated rings. The van der Waals surface area contributed by atoms with E-state index in [4.69, 9.17) is 4.74 Å². The fourth-order valence-electron chi connectivity index (χ4n) is 2.14. The van der Waals surface area contributed by atoms with Crippen LogP contribution in [0.25, 0.3) is 0 Å². The smallest absolute Gasteiger partial charge is 0.162 e. The van der Waals surface area contributed by atoms with Crippen LogP contribution in [0, 0.1) is 5.92 Å². The highest BCUT2D eigenvalue weighted by atomic mass is 32.2. The van der Waals surface area contributed by atoms with Gasteiger partial charge in [-0.1, -0.05) is 12.1 Å². The highest BCUT2D eigenvalue weighted by Crippen LogP contribution is 2.29. The number of ether oxygens (including phenoxy) is 1. The van der Waals surface area contributed by atoms with Gasteiger partial charge in [0.05, 0.1) is 6.61 Å². The largest absolute Gasteiger partial charge is 0.504 e. The average molecular weight is 267 g/mol. The van der Waals surface area contributed by atoms with Gasteiger partial charge < -0.3 is 15.2 Å². The van der Waals surface area contributed by atoms with Crippen LogP contribution in [-0.2, 0) is 6.54 Å². The predicted octanol–water partition coefficient (Wildman–Crippen LogP) is 2.63. The number of phenols is 1. The van der Waals surface area contributed by atoms with Crippen molar-refractivity contribution >= 4 is 11.8 Å². The van der Waals surface area contributed by atoms with Gasteiger partial charge in [0.1, 0.15) is 0 Å². The van der Waals surface area contributed by atoms with Crippen LogP contribution in [-0.4, -0.2) is 29.8 Å². The van der Waals surface area contributed by atoms with Crippen molar-refractivity contribution < 1.29 is 9.84 Å². The van der Waals surface area contributed by atoms with Crippen molar-refractivity contribution in [3.05, 3.63) is 23.8 Å². The van der Waals surface area contributed by atoms with Crippen LogP contribution < -0.4 is 10.1 Å². The second-order valence-corrected chi connectivity index (χ2v) is 5.71. The Balaban J connectivity index is 1.86. The summed E-state index contributed by atoms with van der Waals surface area (Å²) in [6.07, 6.45) is 1.31. The first-order valence-corrected chi connectivity index (χ1v) is 7.68. The number of hydrogen-bond acceptors (Lipinski definition) is 4. The Morgan fingerprint density at radius 2 is 2.39 bits per heavy atom. The Morgan fingerprint density at radius 1 is 1.50 bits per heavy atom. The molecule has 0 spiro atoms. The first-order chi connectivity index (χ1) is 8.81. The van der Waals surface area contributed by atoms with E-state index in [0.717, 1.165) is 18.0 Å². The first kappa shape index (κ1) is 13.6. The Bertz CT molecular complexity index is 378. The Kier molecular flexibility index (Phi) is 5.20. The minimum absolute atomic E-state index is 0.271.